The predicted octanol–water partition coefficient (Wildman–Crippen LogP) is -1.41. The van der Waals surface area contributed by atoms with Crippen LogP contribution in [-0.4, -0.2) is 45.7 Å². The van der Waals surface area contributed by atoms with Crippen molar-refractivity contribution in [3.63, 3.8) is 0 Å². The highest BCUT2D eigenvalue weighted by Gasteiger charge is 2.32. The molecule has 0 radical (unpaired) electrons. The summed E-state index contributed by atoms with van der Waals surface area (Å²) < 4.78 is 0. The Bertz CT molecular complexity index is 130. The molecule has 0 fully saturated rings. The smallest absolute Gasteiger partial charge is 0.101 e. The summed E-state index contributed by atoms with van der Waals surface area (Å²) in [6.07, 6.45) is 1.34. The molecule has 0 spiro atoms. The van der Waals surface area contributed by atoms with E-state index in [4.69, 9.17) is 20.4 Å². The van der Waals surface area contributed by atoms with Crippen LogP contribution in [0.5, 0.6) is 0 Å². The first-order chi connectivity index (χ1) is 5.16. The first kappa shape index (κ1) is 13.9. The van der Waals surface area contributed by atoms with Gasteiger partial charge in [-0.15, -0.1) is 0 Å². The molecule has 6 N–H and O–H groups in total. The van der Waals surface area contributed by atoms with Gasteiger partial charge < -0.3 is 25.9 Å². The van der Waals surface area contributed by atoms with Gasteiger partial charge in [0, 0.05) is 0 Å². The molecular formula is C7H16O5. The summed E-state index contributed by atoms with van der Waals surface area (Å²) in [5.74, 6) is -0.190. The molecule has 0 rings (SSSR count). The maximum Gasteiger partial charge on any atom is 0.101 e. The fourth-order valence-corrected chi connectivity index (χ4v) is 0.699. The lowest BCUT2D eigenvalue weighted by atomic mass is 9.88. The van der Waals surface area contributed by atoms with E-state index in [9.17, 15) is 0 Å². The molecule has 0 aromatic rings. The van der Waals surface area contributed by atoms with Gasteiger partial charge in [0.05, 0.1) is 25.2 Å². The lowest BCUT2D eigenvalue weighted by Crippen LogP contribution is -2.35. The molecule has 5 nitrogen and oxygen atoms in total. The minimum absolute atomic E-state index is 0. The van der Waals surface area contributed by atoms with Crippen molar-refractivity contribution in [3.8, 4) is 0 Å². The van der Waals surface area contributed by atoms with Crippen LogP contribution >= 0.6 is 0 Å². The Kier molecular flexibility index (Phi) is 6.92. The lowest BCUT2D eigenvalue weighted by Gasteiger charge is -2.26. The van der Waals surface area contributed by atoms with Crippen LogP contribution in [0.15, 0.2) is 11.8 Å². The summed E-state index contributed by atoms with van der Waals surface area (Å²) in [4.78, 5) is 0. The van der Waals surface area contributed by atoms with Gasteiger partial charge in [-0.25, -0.2) is 0 Å². The Morgan fingerprint density at radius 1 is 1.17 bits per heavy atom. The van der Waals surface area contributed by atoms with E-state index in [-0.39, 0.29) is 11.2 Å². The van der Waals surface area contributed by atoms with Crippen LogP contribution in [0.1, 0.15) is 6.92 Å². The lowest BCUT2D eigenvalue weighted by molar-refractivity contribution is 0.00479. The standard InChI is InChI=1S/C7H14O4.H2O/c1-2-6(11)7(3-8,4-9)5-10;/h2,8-11H,3-5H2,1H3;1H2. The fourth-order valence-electron chi connectivity index (χ4n) is 0.699. The van der Waals surface area contributed by atoms with E-state index >= 15 is 0 Å². The molecule has 0 saturated heterocycles. The van der Waals surface area contributed by atoms with Crippen LogP contribution < -0.4 is 0 Å². The predicted molar refractivity (Wildman–Crippen MR) is 43.7 cm³/mol. The number of allylic oxidation sites excluding steroid dienone is 1. The Morgan fingerprint density at radius 3 is 1.58 bits per heavy atom. The number of aliphatic hydroxyl groups excluding tert-OH is 4. The van der Waals surface area contributed by atoms with Gasteiger partial charge in [0.2, 0.25) is 0 Å². The van der Waals surface area contributed by atoms with E-state index in [1.165, 1.54) is 6.08 Å². The molecule has 0 amide bonds. The molecule has 0 unspecified atom stereocenters. The zero-order chi connectivity index (χ0) is 8.91. The maximum absolute atomic E-state index is 9.15. The minimum Gasteiger partial charge on any atom is -0.512 e. The van der Waals surface area contributed by atoms with Gasteiger partial charge in [-0.05, 0) is 13.0 Å². The quantitative estimate of drug-likeness (QED) is 0.398. The van der Waals surface area contributed by atoms with Crippen LogP contribution in [-0.2, 0) is 0 Å². The van der Waals surface area contributed by atoms with Gasteiger partial charge in [0.1, 0.15) is 5.76 Å². The monoisotopic (exact) mass is 180 g/mol. The third-order valence-electron chi connectivity index (χ3n) is 1.72. The summed E-state index contributed by atoms with van der Waals surface area (Å²) in [6.45, 7) is 0.133. The van der Waals surface area contributed by atoms with E-state index < -0.39 is 25.2 Å². The SMILES string of the molecule is CC=C(O)C(CO)(CO)CO.O. The zero-order valence-electron chi connectivity index (χ0n) is 6.99. The summed E-state index contributed by atoms with van der Waals surface area (Å²) in [5, 5.41) is 35.4. The number of hydrogen-bond donors (Lipinski definition) is 4. The van der Waals surface area contributed by atoms with Crippen molar-refractivity contribution < 1.29 is 25.9 Å². The summed E-state index contributed by atoms with van der Waals surface area (Å²) in [6, 6.07) is 0. The minimum atomic E-state index is -1.28. The van der Waals surface area contributed by atoms with Crippen molar-refractivity contribution in [1.29, 1.82) is 0 Å². The van der Waals surface area contributed by atoms with Crippen molar-refractivity contribution in [1.82, 2.24) is 0 Å². The van der Waals surface area contributed by atoms with Crippen molar-refractivity contribution in [2.24, 2.45) is 5.41 Å². The number of aliphatic hydroxyl groups is 4. The Labute approximate surface area is 70.9 Å². The summed E-state index contributed by atoms with van der Waals surface area (Å²) in [5.41, 5.74) is -1.28. The van der Waals surface area contributed by atoms with Gasteiger partial charge in [-0.1, -0.05) is 0 Å². The molecule has 0 aromatic heterocycles. The van der Waals surface area contributed by atoms with Crippen molar-refractivity contribution in [3.05, 3.63) is 11.8 Å². The van der Waals surface area contributed by atoms with Crippen LogP contribution in [0.4, 0.5) is 0 Å². The third kappa shape index (κ3) is 2.46. The molecule has 74 valence electrons. The molecule has 0 saturated carbocycles. The van der Waals surface area contributed by atoms with Gasteiger partial charge in [-0.2, -0.15) is 0 Å². The second-order valence-corrected chi connectivity index (χ2v) is 2.43. The largest absolute Gasteiger partial charge is 0.512 e. The van der Waals surface area contributed by atoms with Crippen molar-refractivity contribution in [2.45, 2.75) is 6.92 Å². The highest BCUT2D eigenvalue weighted by molar-refractivity contribution is 5.05. The second-order valence-electron chi connectivity index (χ2n) is 2.43. The molecule has 0 heterocycles. The van der Waals surface area contributed by atoms with Crippen molar-refractivity contribution in [2.75, 3.05) is 19.8 Å². The molecular weight excluding hydrogens is 164 g/mol. The van der Waals surface area contributed by atoms with Gasteiger partial charge >= 0.3 is 0 Å². The highest BCUT2D eigenvalue weighted by atomic mass is 16.3. The van der Waals surface area contributed by atoms with Gasteiger partial charge in [-0.3, -0.25) is 0 Å². The molecule has 5 heteroatoms. The Hall–Kier alpha value is -0.620. The molecule has 0 aromatic carbocycles. The Balaban J connectivity index is 0. The van der Waals surface area contributed by atoms with E-state index in [2.05, 4.69) is 0 Å². The average molecular weight is 180 g/mol. The normalized spacial score (nSPS) is 12.5. The molecule has 0 bridgehead atoms. The molecule has 0 aliphatic carbocycles. The van der Waals surface area contributed by atoms with E-state index in [1.54, 1.807) is 6.92 Å². The molecule has 0 atom stereocenters. The van der Waals surface area contributed by atoms with Gasteiger partial charge in [0.25, 0.3) is 0 Å². The van der Waals surface area contributed by atoms with Crippen LogP contribution in [0.3, 0.4) is 0 Å². The van der Waals surface area contributed by atoms with Crippen LogP contribution in [0.2, 0.25) is 0 Å². The number of hydrogen-bond acceptors (Lipinski definition) is 4. The topological polar surface area (TPSA) is 112 Å². The van der Waals surface area contributed by atoms with Crippen molar-refractivity contribution >= 4 is 0 Å². The molecule has 0 aliphatic heterocycles. The van der Waals surface area contributed by atoms with Crippen LogP contribution in [0, 0.1) is 5.41 Å². The molecule has 12 heavy (non-hydrogen) atoms. The summed E-state index contributed by atoms with van der Waals surface area (Å²) >= 11 is 0. The summed E-state index contributed by atoms with van der Waals surface area (Å²) in [7, 11) is 0. The zero-order valence-corrected chi connectivity index (χ0v) is 6.99. The first-order valence-corrected chi connectivity index (χ1v) is 3.35. The second kappa shape index (κ2) is 5.96. The average Bonchev–Trinajstić information content (AvgIpc) is 2.08. The van der Waals surface area contributed by atoms with E-state index in [0.717, 1.165) is 0 Å². The molecule has 0 aliphatic rings. The first-order valence-electron chi connectivity index (χ1n) is 3.35. The number of rotatable bonds is 4. The Morgan fingerprint density at radius 2 is 1.50 bits per heavy atom. The van der Waals surface area contributed by atoms with Crippen LogP contribution in [0.25, 0.3) is 0 Å². The fraction of sp³-hybridized carbons (Fsp3) is 0.714. The van der Waals surface area contributed by atoms with Gasteiger partial charge in [0.15, 0.2) is 0 Å². The highest BCUT2D eigenvalue weighted by Crippen LogP contribution is 2.23. The van der Waals surface area contributed by atoms with E-state index in [0.29, 0.717) is 0 Å². The maximum atomic E-state index is 9.15. The van der Waals surface area contributed by atoms with E-state index in [1.807, 2.05) is 0 Å². The third-order valence-corrected chi connectivity index (χ3v) is 1.72.